The van der Waals surface area contributed by atoms with Crippen molar-refractivity contribution in [2.75, 3.05) is 0 Å². The molecule has 2 N–H and O–H groups in total. The number of carboxylic acids is 1. The van der Waals surface area contributed by atoms with E-state index < -0.39 is 5.97 Å². The standard InChI is InChI=1S/C13H13N3O2/c1-7-5-11(10-3-2-4-14-10)16-12(15-7)8-6-9(8)13(17)18/h2-5,8-9,14H,6H2,1H3,(H,17,18). The van der Waals surface area contributed by atoms with Crippen LogP contribution in [0.1, 0.15) is 23.9 Å². The summed E-state index contributed by atoms with van der Waals surface area (Å²) in [7, 11) is 0. The van der Waals surface area contributed by atoms with Gasteiger partial charge in [-0.25, -0.2) is 9.97 Å². The van der Waals surface area contributed by atoms with Gasteiger partial charge in [0.25, 0.3) is 0 Å². The quantitative estimate of drug-likeness (QED) is 0.863. The van der Waals surface area contributed by atoms with E-state index in [0.717, 1.165) is 17.1 Å². The minimum absolute atomic E-state index is 0.0314. The number of hydrogen-bond donors (Lipinski definition) is 2. The number of aromatic amines is 1. The molecule has 92 valence electrons. The minimum atomic E-state index is -0.758. The molecule has 2 atom stereocenters. The Labute approximate surface area is 104 Å². The molecule has 0 amide bonds. The van der Waals surface area contributed by atoms with Gasteiger partial charge in [0.1, 0.15) is 5.82 Å². The van der Waals surface area contributed by atoms with E-state index in [1.807, 2.05) is 31.3 Å². The van der Waals surface area contributed by atoms with Crippen LogP contribution in [0.25, 0.3) is 11.4 Å². The number of nitrogens with one attached hydrogen (secondary N) is 1. The maximum Gasteiger partial charge on any atom is 0.307 e. The van der Waals surface area contributed by atoms with Crippen LogP contribution in [0.2, 0.25) is 0 Å². The Balaban J connectivity index is 1.95. The van der Waals surface area contributed by atoms with Crippen molar-refractivity contribution in [3.8, 4) is 11.4 Å². The highest BCUT2D eigenvalue weighted by atomic mass is 16.4. The predicted octanol–water partition coefficient (Wildman–Crippen LogP) is 1.97. The molecule has 0 radical (unpaired) electrons. The second kappa shape index (κ2) is 3.94. The number of aromatic nitrogens is 3. The Morgan fingerprint density at radius 3 is 2.94 bits per heavy atom. The molecule has 3 rings (SSSR count). The third-order valence-corrected chi connectivity index (χ3v) is 3.18. The van der Waals surface area contributed by atoms with Crippen molar-refractivity contribution in [3.05, 3.63) is 35.9 Å². The Morgan fingerprint density at radius 1 is 1.50 bits per heavy atom. The van der Waals surface area contributed by atoms with Gasteiger partial charge in [0, 0.05) is 17.8 Å². The van der Waals surface area contributed by atoms with Gasteiger partial charge in [-0.2, -0.15) is 0 Å². The van der Waals surface area contributed by atoms with Crippen LogP contribution in [0.4, 0.5) is 0 Å². The van der Waals surface area contributed by atoms with Crippen LogP contribution in [0, 0.1) is 12.8 Å². The number of carbonyl (C=O) groups is 1. The van der Waals surface area contributed by atoms with Crippen molar-refractivity contribution in [2.45, 2.75) is 19.3 Å². The number of carboxylic acid groups (broad SMARTS) is 1. The van der Waals surface area contributed by atoms with Crippen molar-refractivity contribution in [1.29, 1.82) is 0 Å². The molecule has 0 aromatic carbocycles. The molecule has 1 aliphatic rings. The minimum Gasteiger partial charge on any atom is -0.481 e. The topological polar surface area (TPSA) is 78.9 Å². The van der Waals surface area contributed by atoms with Gasteiger partial charge in [-0.15, -0.1) is 0 Å². The van der Waals surface area contributed by atoms with Gasteiger partial charge in [0.15, 0.2) is 0 Å². The fraction of sp³-hybridized carbons (Fsp3) is 0.308. The van der Waals surface area contributed by atoms with Crippen LogP contribution in [0.3, 0.4) is 0 Å². The molecular formula is C13H13N3O2. The monoisotopic (exact) mass is 243 g/mol. The Hall–Kier alpha value is -2.17. The van der Waals surface area contributed by atoms with Gasteiger partial charge in [-0.05, 0) is 31.5 Å². The highest BCUT2D eigenvalue weighted by molar-refractivity contribution is 5.75. The fourth-order valence-corrected chi connectivity index (χ4v) is 2.14. The van der Waals surface area contributed by atoms with E-state index in [-0.39, 0.29) is 11.8 Å². The number of nitrogens with zero attached hydrogens (tertiary/aromatic N) is 2. The first-order chi connectivity index (χ1) is 8.65. The van der Waals surface area contributed by atoms with E-state index in [4.69, 9.17) is 5.11 Å². The van der Waals surface area contributed by atoms with Gasteiger partial charge >= 0.3 is 5.97 Å². The largest absolute Gasteiger partial charge is 0.481 e. The molecule has 1 fully saturated rings. The number of aryl methyl sites for hydroxylation is 1. The van der Waals surface area contributed by atoms with Crippen LogP contribution in [-0.2, 0) is 4.79 Å². The molecule has 5 nitrogen and oxygen atoms in total. The summed E-state index contributed by atoms with van der Waals surface area (Å²) in [5, 5.41) is 8.95. The van der Waals surface area contributed by atoms with Crippen molar-refractivity contribution < 1.29 is 9.90 Å². The molecule has 18 heavy (non-hydrogen) atoms. The van der Waals surface area contributed by atoms with Gasteiger partial charge in [-0.3, -0.25) is 4.79 Å². The zero-order valence-corrected chi connectivity index (χ0v) is 9.92. The van der Waals surface area contributed by atoms with Gasteiger partial charge in [0.2, 0.25) is 0 Å². The third-order valence-electron chi connectivity index (χ3n) is 3.18. The average molecular weight is 243 g/mol. The lowest BCUT2D eigenvalue weighted by Crippen LogP contribution is -2.03. The average Bonchev–Trinajstić information content (AvgIpc) is 2.95. The van der Waals surface area contributed by atoms with E-state index >= 15 is 0 Å². The molecule has 0 aliphatic heterocycles. The van der Waals surface area contributed by atoms with Gasteiger partial charge in [0.05, 0.1) is 17.3 Å². The summed E-state index contributed by atoms with van der Waals surface area (Å²) in [5.74, 6) is -0.460. The molecule has 0 saturated heterocycles. The van der Waals surface area contributed by atoms with Gasteiger partial charge in [-0.1, -0.05) is 0 Å². The predicted molar refractivity (Wildman–Crippen MR) is 65.0 cm³/mol. The van der Waals surface area contributed by atoms with E-state index in [2.05, 4.69) is 15.0 Å². The van der Waals surface area contributed by atoms with Crippen molar-refractivity contribution in [2.24, 2.45) is 5.92 Å². The molecule has 1 aliphatic carbocycles. The van der Waals surface area contributed by atoms with Crippen molar-refractivity contribution >= 4 is 5.97 Å². The first kappa shape index (κ1) is 11.0. The smallest absolute Gasteiger partial charge is 0.307 e. The molecule has 0 spiro atoms. The number of H-pyrrole nitrogens is 1. The van der Waals surface area contributed by atoms with Gasteiger partial charge < -0.3 is 10.1 Å². The second-order valence-corrected chi connectivity index (χ2v) is 4.62. The lowest BCUT2D eigenvalue weighted by Gasteiger charge is -2.04. The zero-order chi connectivity index (χ0) is 12.7. The second-order valence-electron chi connectivity index (χ2n) is 4.62. The Bertz CT molecular complexity index is 592. The van der Waals surface area contributed by atoms with E-state index in [1.54, 1.807) is 0 Å². The zero-order valence-electron chi connectivity index (χ0n) is 9.92. The molecule has 2 aromatic rings. The summed E-state index contributed by atoms with van der Waals surface area (Å²) in [5.41, 5.74) is 2.61. The number of aliphatic carboxylic acids is 1. The molecular weight excluding hydrogens is 230 g/mol. The summed E-state index contributed by atoms with van der Waals surface area (Å²) in [6.45, 7) is 1.90. The maximum absolute atomic E-state index is 10.9. The lowest BCUT2D eigenvalue weighted by atomic mass is 10.2. The van der Waals surface area contributed by atoms with E-state index in [1.165, 1.54) is 0 Å². The molecule has 2 heterocycles. The lowest BCUT2D eigenvalue weighted by molar-refractivity contribution is -0.138. The Kier molecular flexibility index (Phi) is 2.40. The number of rotatable bonds is 3. The molecule has 5 heteroatoms. The molecule has 0 bridgehead atoms. The highest BCUT2D eigenvalue weighted by Gasteiger charge is 2.46. The normalized spacial score (nSPS) is 21.8. The molecule has 1 saturated carbocycles. The summed E-state index contributed by atoms with van der Waals surface area (Å²) in [6, 6.07) is 5.74. The van der Waals surface area contributed by atoms with Crippen LogP contribution < -0.4 is 0 Å². The first-order valence-corrected chi connectivity index (χ1v) is 5.87. The Morgan fingerprint density at radius 2 is 2.33 bits per heavy atom. The number of hydrogen-bond acceptors (Lipinski definition) is 3. The highest BCUT2D eigenvalue weighted by Crippen LogP contribution is 2.46. The van der Waals surface area contributed by atoms with E-state index in [9.17, 15) is 4.79 Å². The van der Waals surface area contributed by atoms with Crippen molar-refractivity contribution in [3.63, 3.8) is 0 Å². The van der Waals surface area contributed by atoms with Crippen LogP contribution in [0.15, 0.2) is 24.4 Å². The van der Waals surface area contributed by atoms with Crippen molar-refractivity contribution in [1.82, 2.24) is 15.0 Å². The van der Waals surface area contributed by atoms with Crippen LogP contribution >= 0.6 is 0 Å². The maximum atomic E-state index is 10.9. The molecule has 2 unspecified atom stereocenters. The SMILES string of the molecule is Cc1cc(-c2ccc[nH]2)nc(C2CC2C(=O)O)n1. The summed E-state index contributed by atoms with van der Waals surface area (Å²) in [4.78, 5) is 22.8. The summed E-state index contributed by atoms with van der Waals surface area (Å²) >= 11 is 0. The third kappa shape index (κ3) is 1.88. The van der Waals surface area contributed by atoms with E-state index in [0.29, 0.717) is 12.2 Å². The van der Waals surface area contributed by atoms with Crippen LogP contribution in [0.5, 0.6) is 0 Å². The summed E-state index contributed by atoms with van der Waals surface area (Å²) < 4.78 is 0. The first-order valence-electron chi connectivity index (χ1n) is 5.87. The fourth-order valence-electron chi connectivity index (χ4n) is 2.14. The van der Waals surface area contributed by atoms with Crippen LogP contribution in [-0.4, -0.2) is 26.0 Å². The summed E-state index contributed by atoms with van der Waals surface area (Å²) in [6.07, 6.45) is 2.48. The molecule has 2 aromatic heterocycles.